The van der Waals surface area contributed by atoms with E-state index < -0.39 is 11.6 Å². The van der Waals surface area contributed by atoms with Gasteiger partial charge in [-0.3, -0.25) is 0 Å². The SMILES string of the molecule is Fc1ccc(OCc2cccc(Cl)c2)c(F)c1-c1cn[nH]n1. The first kappa shape index (κ1) is 14.5. The highest BCUT2D eigenvalue weighted by Gasteiger charge is 2.18. The van der Waals surface area contributed by atoms with Crippen molar-refractivity contribution in [2.75, 3.05) is 0 Å². The van der Waals surface area contributed by atoms with Crippen LogP contribution in [0, 0.1) is 11.6 Å². The minimum Gasteiger partial charge on any atom is -0.486 e. The van der Waals surface area contributed by atoms with Crippen LogP contribution < -0.4 is 4.74 Å². The summed E-state index contributed by atoms with van der Waals surface area (Å²) < 4.78 is 33.6. The summed E-state index contributed by atoms with van der Waals surface area (Å²) in [5.74, 6) is -1.63. The van der Waals surface area contributed by atoms with Gasteiger partial charge in [0.15, 0.2) is 11.6 Å². The number of halogens is 3. The van der Waals surface area contributed by atoms with E-state index in [0.717, 1.165) is 11.6 Å². The van der Waals surface area contributed by atoms with E-state index in [-0.39, 0.29) is 23.6 Å². The molecule has 0 radical (unpaired) electrons. The van der Waals surface area contributed by atoms with Gasteiger partial charge < -0.3 is 4.74 Å². The minimum atomic E-state index is -0.823. The van der Waals surface area contributed by atoms with Gasteiger partial charge in [-0.1, -0.05) is 23.7 Å². The number of hydrogen-bond donors (Lipinski definition) is 1. The average Bonchev–Trinajstić information content (AvgIpc) is 3.01. The predicted octanol–water partition coefficient (Wildman–Crippen LogP) is 3.98. The second-order valence-electron chi connectivity index (χ2n) is 4.51. The van der Waals surface area contributed by atoms with E-state index in [1.807, 2.05) is 0 Å². The Bertz CT molecular complexity index is 793. The Balaban J connectivity index is 1.87. The number of benzene rings is 2. The molecule has 1 N–H and O–H groups in total. The smallest absolute Gasteiger partial charge is 0.177 e. The molecule has 1 aromatic heterocycles. The lowest BCUT2D eigenvalue weighted by Gasteiger charge is -2.10. The molecule has 4 nitrogen and oxygen atoms in total. The molecule has 0 spiro atoms. The van der Waals surface area contributed by atoms with E-state index in [0.29, 0.717) is 5.02 Å². The predicted molar refractivity (Wildman–Crippen MR) is 77.5 cm³/mol. The summed E-state index contributed by atoms with van der Waals surface area (Å²) in [4.78, 5) is 0. The zero-order valence-corrected chi connectivity index (χ0v) is 11.9. The molecule has 0 aliphatic rings. The molecule has 0 saturated heterocycles. The highest BCUT2D eigenvalue weighted by atomic mass is 35.5. The summed E-state index contributed by atoms with van der Waals surface area (Å²) in [6.07, 6.45) is 1.24. The van der Waals surface area contributed by atoms with Crippen LogP contribution in [0.5, 0.6) is 5.75 Å². The monoisotopic (exact) mass is 321 g/mol. The van der Waals surface area contributed by atoms with E-state index in [9.17, 15) is 8.78 Å². The molecule has 112 valence electrons. The van der Waals surface area contributed by atoms with Crippen molar-refractivity contribution in [3.05, 3.63) is 64.8 Å². The van der Waals surface area contributed by atoms with Crippen molar-refractivity contribution in [2.24, 2.45) is 0 Å². The lowest BCUT2D eigenvalue weighted by Crippen LogP contribution is -2.00. The van der Waals surface area contributed by atoms with Crippen LogP contribution in [0.4, 0.5) is 8.78 Å². The normalized spacial score (nSPS) is 10.7. The second-order valence-corrected chi connectivity index (χ2v) is 4.94. The maximum Gasteiger partial charge on any atom is 0.177 e. The quantitative estimate of drug-likeness (QED) is 0.790. The Kier molecular flexibility index (Phi) is 4.02. The molecule has 7 heteroatoms. The fourth-order valence-electron chi connectivity index (χ4n) is 1.99. The van der Waals surface area contributed by atoms with Crippen LogP contribution in [0.2, 0.25) is 5.02 Å². The average molecular weight is 322 g/mol. The molecule has 0 bridgehead atoms. The van der Waals surface area contributed by atoms with Crippen LogP contribution in [0.25, 0.3) is 11.3 Å². The maximum absolute atomic E-state index is 14.4. The van der Waals surface area contributed by atoms with Gasteiger partial charge in [-0.25, -0.2) is 8.78 Å². The molecule has 0 aliphatic heterocycles. The molecule has 3 aromatic rings. The zero-order chi connectivity index (χ0) is 15.5. The van der Waals surface area contributed by atoms with Crippen molar-refractivity contribution < 1.29 is 13.5 Å². The lowest BCUT2D eigenvalue weighted by atomic mass is 10.1. The standard InChI is InChI=1S/C15H10ClF2N3O/c16-10-3-1-2-9(6-10)8-22-13-5-4-11(17)14(15(13)18)12-7-19-21-20-12/h1-7H,8H2,(H,19,20,21). The van der Waals surface area contributed by atoms with Crippen molar-refractivity contribution in [3.63, 3.8) is 0 Å². The van der Waals surface area contributed by atoms with Gasteiger partial charge in [-0.05, 0) is 29.8 Å². The number of H-pyrrole nitrogens is 1. The van der Waals surface area contributed by atoms with E-state index in [2.05, 4.69) is 15.4 Å². The Hall–Kier alpha value is -2.47. The number of nitrogens with one attached hydrogen (secondary N) is 1. The van der Waals surface area contributed by atoms with Crippen LogP contribution in [0.3, 0.4) is 0 Å². The van der Waals surface area contributed by atoms with Gasteiger partial charge in [0.1, 0.15) is 18.1 Å². The minimum absolute atomic E-state index is 0.0700. The molecule has 3 rings (SSSR count). The van der Waals surface area contributed by atoms with Crippen LogP contribution in [-0.4, -0.2) is 15.4 Å². The number of aromatic nitrogens is 3. The van der Waals surface area contributed by atoms with E-state index >= 15 is 0 Å². The first-order chi connectivity index (χ1) is 10.6. The van der Waals surface area contributed by atoms with Crippen molar-refractivity contribution in [1.29, 1.82) is 0 Å². The van der Waals surface area contributed by atoms with Crippen molar-refractivity contribution in [1.82, 2.24) is 15.4 Å². The first-order valence-electron chi connectivity index (χ1n) is 6.36. The molecule has 0 unspecified atom stereocenters. The van der Waals surface area contributed by atoms with Crippen LogP contribution in [0.1, 0.15) is 5.56 Å². The Morgan fingerprint density at radius 2 is 2.05 bits per heavy atom. The summed E-state index contributed by atoms with van der Waals surface area (Å²) in [6.45, 7) is 0.112. The summed E-state index contributed by atoms with van der Waals surface area (Å²) >= 11 is 5.87. The third-order valence-electron chi connectivity index (χ3n) is 3.01. The van der Waals surface area contributed by atoms with Crippen molar-refractivity contribution in [3.8, 4) is 17.0 Å². The fraction of sp³-hybridized carbons (Fsp3) is 0.0667. The molecule has 0 fully saturated rings. The zero-order valence-electron chi connectivity index (χ0n) is 11.2. The van der Waals surface area contributed by atoms with Crippen LogP contribution >= 0.6 is 11.6 Å². The van der Waals surface area contributed by atoms with Gasteiger partial charge in [0.2, 0.25) is 0 Å². The Labute approximate surface area is 129 Å². The molecule has 2 aromatic carbocycles. The highest BCUT2D eigenvalue weighted by Crippen LogP contribution is 2.30. The molecule has 0 amide bonds. The van der Waals surface area contributed by atoms with Gasteiger partial charge in [-0.2, -0.15) is 15.4 Å². The number of ether oxygens (including phenoxy) is 1. The van der Waals surface area contributed by atoms with E-state index in [4.69, 9.17) is 16.3 Å². The topological polar surface area (TPSA) is 50.8 Å². The van der Waals surface area contributed by atoms with Gasteiger partial charge in [0, 0.05) is 5.02 Å². The summed E-state index contributed by atoms with van der Waals surface area (Å²) in [7, 11) is 0. The number of aromatic amines is 1. The molecule has 0 atom stereocenters. The molecule has 1 heterocycles. The number of hydrogen-bond acceptors (Lipinski definition) is 3. The third kappa shape index (κ3) is 2.92. The van der Waals surface area contributed by atoms with E-state index in [1.54, 1.807) is 24.3 Å². The summed E-state index contributed by atoms with van der Waals surface area (Å²) in [5, 5.41) is 10.1. The first-order valence-corrected chi connectivity index (χ1v) is 6.74. The molecule has 0 saturated carbocycles. The highest BCUT2D eigenvalue weighted by molar-refractivity contribution is 6.30. The number of nitrogens with zero attached hydrogens (tertiary/aromatic N) is 2. The third-order valence-corrected chi connectivity index (χ3v) is 3.25. The van der Waals surface area contributed by atoms with Gasteiger partial charge in [0.05, 0.1) is 11.8 Å². The number of rotatable bonds is 4. The van der Waals surface area contributed by atoms with Gasteiger partial charge in [-0.15, -0.1) is 0 Å². The fourth-order valence-corrected chi connectivity index (χ4v) is 2.20. The van der Waals surface area contributed by atoms with Gasteiger partial charge in [0.25, 0.3) is 0 Å². The summed E-state index contributed by atoms with van der Waals surface area (Å²) in [6, 6.07) is 9.36. The largest absolute Gasteiger partial charge is 0.486 e. The molecule has 22 heavy (non-hydrogen) atoms. The van der Waals surface area contributed by atoms with E-state index in [1.165, 1.54) is 12.3 Å². The lowest BCUT2D eigenvalue weighted by molar-refractivity contribution is 0.290. The molecular formula is C15H10ClF2N3O. The molecular weight excluding hydrogens is 312 g/mol. The van der Waals surface area contributed by atoms with Crippen molar-refractivity contribution in [2.45, 2.75) is 6.61 Å². The molecule has 0 aliphatic carbocycles. The Morgan fingerprint density at radius 1 is 1.18 bits per heavy atom. The van der Waals surface area contributed by atoms with Crippen molar-refractivity contribution >= 4 is 11.6 Å². The van der Waals surface area contributed by atoms with Crippen LogP contribution in [-0.2, 0) is 6.61 Å². The van der Waals surface area contributed by atoms with Crippen LogP contribution in [0.15, 0.2) is 42.6 Å². The second kappa shape index (κ2) is 6.11. The maximum atomic E-state index is 14.4. The Morgan fingerprint density at radius 3 is 2.77 bits per heavy atom. The summed E-state index contributed by atoms with van der Waals surface area (Å²) in [5.41, 5.74) is 0.569. The van der Waals surface area contributed by atoms with Gasteiger partial charge >= 0.3 is 0 Å².